The van der Waals surface area contributed by atoms with Gasteiger partial charge in [-0.15, -0.1) is 0 Å². The number of rotatable bonds is 2. The Morgan fingerprint density at radius 2 is 2.06 bits per heavy atom. The molecular weight excluding hydrogens is 248 g/mol. The molecule has 18 heavy (non-hydrogen) atoms. The number of nitrogens with one attached hydrogen (secondary N) is 1. The summed E-state index contributed by atoms with van der Waals surface area (Å²) in [6, 6.07) is 8.91. The number of halogens is 1. The zero-order valence-electron chi connectivity index (χ0n) is 10.2. The molecule has 0 aliphatic rings. The molecule has 92 valence electrons. The third kappa shape index (κ3) is 2.68. The van der Waals surface area contributed by atoms with Crippen LogP contribution in [0.1, 0.15) is 21.6 Å². The zero-order chi connectivity index (χ0) is 13.1. The number of aromatic nitrogens is 1. The average Bonchev–Trinajstić information content (AvgIpc) is 2.34. The van der Waals surface area contributed by atoms with Gasteiger partial charge in [0.15, 0.2) is 0 Å². The number of aryl methyl sites for hydroxylation is 2. The lowest BCUT2D eigenvalue weighted by molar-refractivity contribution is 0.102. The van der Waals surface area contributed by atoms with Crippen LogP contribution in [-0.2, 0) is 0 Å². The molecule has 1 heterocycles. The van der Waals surface area contributed by atoms with E-state index >= 15 is 0 Å². The summed E-state index contributed by atoms with van der Waals surface area (Å²) in [6.45, 7) is 3.72. The molecule has 4 heteroatoms. The molecule has 2 aromatic rings. The number of hydrogen-bond acceptors (Lipinski definition) is 2. The number of hydrogen-bond donors (Lipinski definition) is 1. The van der Waals surface area contributed by atoms with Crippen LogP contribution in [0.15, 0.2) is 36.5 Å². The zero-order valence-corrected chi connectivity index (χ0v) is 11.0. The van der Waals surface area contributed by atoms with Crippen LogP contribution >= 0.6 is 11.6 Å². The van der Waals surface area contributed by atoms with Crippen molar-refractivity contribution in [2.24, 2.45) is 0 Å². The van der Waals surface area contributed by atoms with E-state index in [1.54, 1.807) is 31.3 Å². The number of nitrogens with zero attached hydrogens (tertiary/aromatic N) is 1. The Kier molecular flexibility index (Phi) is 3.63. The molecule has 1 N–H and O–H groups in total. The van der Waals surface area contributed by atoms with Gasteiger partial charge in [0.05, 0.1) is 5.56 Å². The number of pyridine rings is 1. The lowest BCUT2D eigenvalue weighted by atomic mass is 10.2. The fourth-order valence-electron chi connectivity index (χ4n) is 1.59. The number of amides is 1. The van der Waals surface area contributed by atoms with Crippen molar-refractivity contribution in [3.8, 4) is 0 Å². The number of carbonyl (C=O) groups excluding carboxylic acids is 1. The molecule has 1 amide bonds. The first kappa shape index (κ1) is 12.6. The van der Waals surface area contributed by atoms with E-state index in [9.17, 15) is 4.79 Å². The summed E-state index contributed by atoms with van der Waals surface area (Å²) in [5, 5.41) is 3.44. The van der Waals surface area contributed by atoms with Gasteiger partial charge in [-0.05, 0) is 43.7 Å². The fraction of sp³-hybridized carbons (Fsp3) is 0.143. The number of anilines is 1. The molecular formula is C14H13ClN2O. The molecule has 0 aliphatic heterocycles. The molecule has 0 bridgehead atoms. The van der Waals surface area contributed by atoms with Crippen LogP contribution in [0.5, 0.6) is 0 Å². The van der Waals surface area contributed by atoms with Gasteiger partial charge in [-0.3, -0.25) is 9.78 Å². The molecule has 0 fully saturated rings. The van der Waals surface area contributed by atoms with E-state index in [0.717, 1.165) is 5.56 Å². The highest BCUT2D eigenvalue weighted by Crippen LogP contribution is 2.20. The first-order valence-corrected chi connectivity index (χ1v) is 5.95. The first-order valence-electron chi connectivity index (χ1n) is 5.57. The molecule has 0 spiro atoms. The van der Waals surface area contributed by atoms with Crippen LogP contribution in [0.3, 0.4) is 0 Å². The summed E-state index contributed by atoms with van der Waals surface area (Å²) >= 11 is 6.01. The maximum Gasteiger partial charge on any atom is 0.257 e. The van der Waals surface area contributed by atoms with Gasteiger partial charge in [0.2, 0.25) is 0 Å². The van der Waals surface area contributed by atoms with E-state index in [4.69, 9.17) is 11.6 Å². The third-order valence-corrected chi connectivity index (χ3v) is 3.09. The molecule has 0 saturated carbocycles. The van der Waals surface area contributed by atoms with Gasteiger partial charge in [-0.25, -0.2) is 0 Å². The van der Waals surface area contributed by atoms with Crippen LogP contribution in [0.4, 0.5) is 5.69 Å². The van der Waals surface area contributed by atoms with Crippen molar-refractivity contribution in [1.29, 1.82) is 0 Å². The summed E-state index contributed by atoms with van der Waals surface area (Å²) in [7, 11) is 0. The van der Waals surface area contributed by atoms with E-state index in [1.165, 1.54) is 0 Å². The molecule has 1 aromatic heterocycles. The topological polar surface area (TPSA) is 42.0 Å². The van der Waals surface area contributed by atoms with Gasteiger partial charge in [-0.1, -0.05) is 17.7 Å². The standard InChI is InChI=1S/C14H13ClN2O/c1-9-5-6-11(8-13(9)15)17-14(18)12-4-3-7-16-10(12)2/h3-8H,1-2H3,(H,17,18). The minimum atomic E-state index is -0.180. The van der Waals surface area contributed by atoms with Crippen LogP contribution in [0.2, 0.25) is 5.02 Å². The van der Waals surface area contributed by atoms with Gasteiger partial charge < -0.3 is 5.32 Å². The smallest absolute Gasteiger partial charge is 0.257 e. The molecule has 0 aliphatic carbocycles. The largest absolute Gasteiger partial charge is 0.322 e. The van der Waals surface area contributed by atoms with Crippen LogP contribution in [0, 0.1) is 13.8 Å². The van der Waals surface area contributed by atoms with Crippen LogP contribution in [-0.4, -0.2) is 10.9 Å². The highest BCUT2D eigenvalue weighted by atomic mass is 35.5. The van der Waals surface area contributed by atoms with Crippen molar-refractivity contribution in [3.63, 3.8) is 0 Å². The highest BCUT2D eigenvalue weighted by Gasteiger charge is 2.09. The van der Waals surface area contributed by atoms with Gasteiger partial charge in [0.25, 0.3) is 5.91 Å². The van der Waals surface area contributed by atoms with Crippen LogP contribution in [0.25, 0.3) is 0 Å². The molecule has 0 unspecified atom stereocenters. The van der Waals surface area contributed by atoms with E-state index in [1.807, 2.05) is 19.1 Å². The van der Waals surface area contributed by atoms with Crippen molar-refractivity contribution in [3.05, 3.63) is 58.4 Å². The van der Waals surface area contributed by atoms with Gasteiger partial charge >= 0.3 is 0 Å². The van der Waals surface area contributed by atoms with E-state index < -0.39 is 0 Å². The van der Waals surface area contributed by atoms with Crippen molar-refractivity contribution in [1.82, 2.24) is 4.98 Å². The highest BCUT2D eigenvalue weighted by molar-refractivity contribution is 6.31. The second kappa shape index (κ2) is 5.19. The fourth-order valence-corrected chi connectivity index (χ4v) is 1.77. The monoisotopic (exact) mass is 260 g/mol. The molecule has 0 radical (unpaired) electrons. The number of benzene rings is 1. The van der Waals surface area contributed by atoms with Crippen molar-refractivity contribution in [2.45, 2.75) is 13.8 Å². The van der Waals surface area contributed by atoms with Crippen molar-refractivity contribution >= 4 is 23.2 Å². The lowest BCUT2D eigenvalue weighted by Crippen LogP contribution is -2.13. The van der Waals surface area contributed by atoms with E-state index in [2.05, 4.69) is 10.3 Å². The second-order valence-corrected chi connectivity index (χ2v) is 4.46. The van der Waals surface area contributed by atoms with Crippen molar-refractivity contribution in [2.75, 3.05) is 5.32 Å². The van der Waals surface area contributed by atoms with Gasteiger partial charge in [0, 0.05) is 22.6 Å². The summed E-state index contributed by atoms with van der Waals surface area (Å²) in [4.78, 5) is 16.1. The number of carbonyl (C=O) groups is 1. The van der Waals surface area contributed by atoms with Gasteiger partial charge in [-0.2, -0.15) is 0 Å². The normalized spacial score (nSPS) is 10.2. The summed E-state index contributed by atoms with van der Waals surface area (Å²) < 4.78 is 0. The van der Waals surface area contributed by atoms with Gasteiger partial charge in [0.1, 0.15) is 0 Å². The Labute approximate surface area is 111 Å². The van der Waals surface area contributed by atoms with E-state index in [0.29, 0.717) is 22.0 Å². The van der Waals surface area contributed by atoms with Crippen molar-refractivity contribution < 1.29 is 4.79 Å². The molecule has 0 saturated heterocycles. The van der Waals surface area contributed by atoms with Crippen LogP contribution < -0.4 is 5.32 Å². The third-order valence-electron chi connectivity index (χ3n) is 2.68. The average molecular weight is 261 g/mol. The maximum atomic E-state index is 12.0. The minimum absolute atomic E-state index is 0.180. The van der Waals surface area contributed by atoms with E-state index in [-0.39, 0.29) is 5.91 Å². The molecule has 2 rings (SSSR count). The molecule has 1 aromatic carbocycles. The minimum Gasteiger partial charge on any atom is -0.322 e. The Bertz CT molecular complexity index is 596. The Hall–Kier alpha value is -1.87. The molecule has 0 atom stereocenters. The summed E-state index contributed by atoms with van der Waals surface area (Å²) in [5.74, 6) is -0.180. The maximum absolute atomic E-state index is 12.0. The Morgan fingerprint density at radius 1 is 1.28 bits per heavy atom. The summed E-state index contributed by atoms with van der Waals surface area (Å²) in [6.07, 6.45) is 1.66. The summed E-state index contributed by atoms with van der Waals surface area (Å²) in [5.41, 5.74) is 2.92. The SMILES string of the molecule is Cc1ccc(NC(=O)c2cccnc2C)cc1Cl. The predicted octanol–water partition coefficient (Wildman–Crippen LogP) is 3.60. The Balaban J connectivity index is 2.22. The Morgan fingerprint density at radius 3 is 2.72 bits per heavy atom. The molecule has 3 nitrogen and oxygen atoms in total. The lowest BCUT2D eigenvalue weighted by Gasteiger charge is -2.08. The first-order chi connectivity index (χ1) is 8.58. The predicted molar refractivity (Wildman–Crippen MR) is 73.1 cm³/mol. The quantitative estimate of drug-likeness (QED) is 0.896. The second-order valence-electron chi connectivity index (χ2n) is 4.05.